The molecule has 1 aromatic rings. The van der Waals surface area contributed by atoms with Crippen molar-refractivity contribution < 1.29 is 4.92 Å². The van der Waals surface area contributed by atoms with E-state index in [9.17, 15) is 10.1 Å². The van der Waals surface area contributed by atoms with Gasteiger partial charge in [-0.1, -0.05) is 59.1 Å². The van der Waals surface area contributed by atoms with Gasteiger partial charge in [0.2, 0.25) is 0 Å². The first-order valence-corrected chi connectivity index (χ1v) is 6.66. The van der Waals surface area contributed by atoms with Gasteiger partial charge in [-0.2, -0.15) is 0 Å². The van der Waals surface area contributed by atoms with E-state index in [2.05, 4.69) is 29.8 Å². The van der Waals surface area contributed by atoms with Gasteiger partial charge in [0, 0.05) is 11.4 Å². The maximum Gasteiger partial charge on any atom is 0.288 e. The molecule has 17 heavy (non-hydrogen) atoms. The molecule has 92 valence electrons. The zero-order chi connectivity index (χ0) is 13.0. The van der Waals surface area contributed by atoms with Crippen LogP contribution in [0.4, 0.5) is 5.69 Å². The predicted octanol–water partition coefficient (Wildman–Crippen LogP) is 4.68. The van der Waals surface area contributed by atoms with E-state index in [0.717, 1.165) is 10.9 Å². The number of halogens is 2. The first-order chi connectivity index (χ1) is 7.95. The Labute approximate surface area is 114 Å². The molecule has 0 saturated heterocycles. The molecule has 3 nitrogen and oxygen atoms in total. The maximum absolute atomic E-state index is 10.8. The number of hydrogen-bond donors (Lipinski definition) is 0. The Hall–Kier alpha value is -0.870. The van der Waals surface area contributed by atoms with Crippen LogP contribution in [0.25, 0.3) is 6.08 Å². The second kappa shape index (κ2) is 6.17. The smallest absolute Gasteiger partial charge is 0.258 e. The van der Waals surface area contributed by atoms with Gasteiger partial charge in [-0.05, 0) is 17.5 Å². The average molecular weight is 319 g/mol. The lowest BCUT2D eigenvalue weighted by Crippen LogP contribution is -1.95. The summed E-state index contributed by atoms with van der Waals surface area (Å²) in [5, 5.41) is 11.7. The third kappa shape index (κ3) is 3.82. The number of nitro benzene ring substituents is 1. The van der Waals surface area contributed by atoms with Crippen LogP contribution >= 0.6 is 27.5 Å². The van der Waals surface area contributed by atoms with E-state index in [-0.39, 0.29) is 10.7 Å². The van der Waals surface area contributed by atoms with Crippen molar-refractivity contribution in [1.29, 1.82) is 0 Å². The topological polar surface area (TPSA) is 43.1 Å². The van der Waals surface area contributed by atoms with Gasteiger partial charge in [-0.3, -0.25) is 10.1 Å². The molecular formula is C12H13BrClNO2. The molecule has 0 heterocycles. The minimum Gasteiger partial charge on any atom is -0.258 e. The lowest BCUT2D eigenvalue weighted by atomic mass is 10.0. The highest BCUT2D eigenvalue weighted by molar-refractivity contribution is 9.09. The molecule has 0 aliphatic rings. The van der Waals surface area contributed by atoms with Gasteiger partial charge in [0.15, 0.2) is 0 Å². The molecule has 1 rings (SSSR count). The molecule has 0 N–H and O–H groups in total. The summed E-state index contributed by atoms with van der Waals surface area (Å²) in [6.07, 6.45) is 1.95. The summed E-state index contributed by atoms with van der Waals surface area (Å²) >= 11 is 9.16. The molecule has 0 aliphatic carbocycles. The quantitative estimate of drug-likeness (QED) is 0.459. The van der Waals surface area contributed by atoms with Crippen LogP contribution in [-0.4, -0.2) is 10.3 Å². The summed E-state index contributed by atoms with van der Waals surface area (Å²) < 4.78 is 0. The largest absolute Gasteiger partial charge is 0.288 e. The first kappa shape index (κ1) is 14.2. The van der Waals surface area contributed by atoms with E-state index < -0.39 is 4.92 Å². The SMILES string of the molecule is CC(C)C(=Cc1ccc(Cl)c([N+](=O)[O-])c1)CBr. The molecule has 0 fully saturated rings. The van der Waals surface area contributed by atoms with Gasteiger partial charge < -0.3 is 0 Å². The van der Waals surface area contributed by atoms with Crippen LogP contribution in [0.1, 0.15) is 19.4 Å². The highest BCUT2D eigenvalue weighted by atomic mass is 79.9. The minimum absolute atomic E-state index is 0.0573. The molecule has 0 unspecified atom stereocenters. The fourth-order valence-corrected chi connectivity index (χ4v) is 2.33. The molecule has 0 saturated carbocycles. The Bertz CT molecular complexity index is 458. The Morgan fingerprint density at radius 1 is 1.59 bits per heavy atom. The standard InChI is InChI=1S/C12H13BrClNO2/c1-8(2)10(7-13)5-9-3-4-11(14)12(6-9)15(16)17/h3-6,8H,7H2,1-2H3. The third-order valence-electron chi connectivity index (χ3n) is 2.41. The normalized spacial score (nSPS) is 11.9. The Kier molecular flexibility index (Phi) is 5.15. The number of alkyl halides is 1. The zero-order valence-electron chi connectivity index (χ0n) is 9.61. The van der Waals surface area contributed by atoms with E-state index in [1.54, 1.807) is 12.1 Å². The summed E-state index contributed by atoms with van der Waals surface area (Å²) in [6.45, 7) is 4.16. The molecule has 0 radical (unpaired) electrons. The second-order valence-corrected chi connectivity index (χ2v) is 4.94. The number of allylic oxidation sites excluding steroid dienone is 1. The van der Waals surface area contributed by atoms with Crippen LogP contribution in [0.3, 0.4) is 0 Å². The lowest BCUT2D eigenvalue weighted by Gasteiger charge is -2.07. The van der Waals surface area contributed by atoms with Gasteiger partial charge in [0.1, 0.15) is 5.02 Å². The lowest BCUT2D eigenvalue weighted by molar-refractivity contribution is -0.384. The van der Waals surface area contributed by atoms with E-state index in [0.29, 0.717) is 5.92 Å². The Morgan fingerprint density at radius 2 is 2.24 bits per heavy atom. The van der Waals surface area contributed by atoms with Gasteiger partial charge in [0.25, 0.3) is 5.69 Å². The summed E-state index contributed by atoms with van der Waals surface area (Å²) in [4.78, 5) is 10.3. The van der Waals surface area contributed by atoms with Crippen molar-refractivity contribution in [3.8, 4) is 0 Å². The Morgan fingerprint density at radius 3 is 2.71 bits per heavy atom. The monoisotopic (exact) mass is 317 g/mol. The molecule has 0 amide bonds. The average Bonchev–Trinajstić information content (AvgIpc) is 2.27. The summed E-state index contributed by atoms with van der Waals surface area (Å²) in [5.41, 5.74) is 1.92. The van der Waals surface area contributed by atoms with Crippen LogP contribution in [-0.2, 0) is 0 Å². The molecule has 0 bridgehead atoms. The van der Waals surface area contributed by atoms with Crippen LogP contribution in [0.15, 0.2) is 23.8 Å². The van der Waals surface area contributed by atoms with Crippen LogP contribution < -0.4 is 0 Å². The van der Waals surface area contributed by atoms with Gasteiger partial charge in [0.05, 0.1) is 4.92 Å². The van der Waals surface area contributed by atoms with Gasteiger partial charge in [-0.25, -0.2) is 0 Å². The highest BCUT2D eigenvalue weighted by Gasteiger charge is 2.12. The fourth-order valence-electron chi connectivity index (χ4n) is 1.33. The fraction of sp³-hybridized carbons (Fsp3) is 0.333. The van der Waals surface area contributed by atoms with Crippen molar-refractivity contribution in [2.24, 2.45) is 5.92 Å². The van der Waals surface area contributed by atoms with Crippen molar-refractivity contribution in [1.82, 2.24) is 0 Å². The first-order valence-electron chi connectivity index (χ1n) is 5.16. The van der Waals surface area contributed by atoms with Crippen LogP contribution in [0.5, 0.6) is 0 Å². The van der Waals surface area contributed by atoms with E-state index in [1.165, 1.54) is 11.6 Å². The van der Waals surface area contributed by atoms with E-state index in [1.807, 2.05) is 6.08 Å². The van der Waals surface area contributed by atoms with Crippen molar-refractivity contribution in [3.05, 3.63) is 44.5 Å². The van der Waals surface area contributed by atoms with E-state index >= 15 is 0 Å². The number of benzene rings is 1. The molecule has 5 heteroatoms. The summed E-state index contributed by atoms with van der Waals surface area (Å²) in [7, 11) is 0. The van der Waals surface area contributed by atoms with Crippen LogP contribution in [0.2, 0.25) is 5.02 Å². The minimum atomic E-state index is -0.469. The summed E-state index contributed by atoms with van der Waals surface area (Å²) in [6, 6.07) is 4.82. The molecule has 0 aromatic heterocycles. The zero-order valence-corrected chi connectivity index (χ0v) is 12.0. The third-order valence-corrected chi connectivity index (χ3v) is 3.38. The van der Waals surface area contributed by atoms with Crippen molar-refractivity contribution in [3.63, 3.8) is 0 Å². The number of hydrogen-bond acceptors (Lipinski definition) is 2. The molecule has 0 atom stereocenters. The molecule has 1 aromatic carbocycles. The number of nitrogens with zero attached hydrogens (tertiary/aromatic N) is 1. The number of nitro groups is 1. The van der Waals surface area contributed by atoms with Gasteiger partial charge in [-0.15, -0.1) is 0 Å². The van der Waals surface area contributed by atoms with Crippen LogP contribution in [0, 0.1) is 16.0 Å². The van der Waals surface area contributed by atoms with E-state index in [4.69, 9.17) is 11.6 Å². The molecule has 0 aliphatic heterocycles. The highest BCUT2D eigenvalue weighted by Crippen LogP contribution is 2.27. The molecular weight excluding hydrogens is 305 g/mol. The Balaban J connectivity index is 3.16. The number of rotatable bonds is 4. The maximum atomic E-state index is 10.8. The van der Waals surface area contributed by atoms with Crippen molar-refractivity contribution in [2.75, 3.05) is 5.33 Å². The van der Waals surface area contributed by atoms with Gasteiger partial charge >= 0.3 is 0 Å². The molecule has 0 spiro atoms. The predicted molar refractivity (Wildman–Crippen MR) is 74.7 cm³/mol. The summed E-state index contributed by atoms with van der Waals surface area (Å²) in [5.74, 6) is 0.393. The van der Waals surface area contributed by atoms with Crippen molar-refractivity contribution in [2.45, 2.75) is 13.8 Å². The van der Waals surface area contributed by atoms with Crippen molar-refractivity contribution >= 4 is 39.3 Å². The second-order valence-electron chi connectivity index (χ2n) is 3.98.